The predicted molar refractivity (Wildman–Crippen MR) is 111 cm³/mol. The maximum absolute atomic E-state index is 12.5. The van der Waals surface area contributed by atoms with Crippen LogP contribution in [-0.2, 0) is 5.75 Å². The fraction of sp³-hybridized carbons (Fsp3) is 0.174. The van der Waals surface area contributed by atoms with Gasteiger partial charge in [0, 0.05) is 21.9 Å². The van der Waals surface area contributed by atoms with E-state index in [1.807, 2.05) is 50.2 Å². The fourth-order valence-electron chi connectivity index (χ4n) is 2.70. The van der Waals surface area contributed by atoms with E-state index >= 15 is 0 Å². The molecular weight excluding hydrogens is 338 g/mol. The monoisotopic (exact) mass is 361 g/mol. The van der Waals surface area contributed by atoms with Crippen molar-refractivity contribution >= 4 is 23.4 Å². The summed E-state index contributed by atoms with van der Waals surface area (Å²) >= 11 is 1.80. The predicted octanol–water partition coefficient (Wildman–Crippen LogP) is 6.16. The van der Waals surface area contributed by atoms with E-state index in [9.17, 15) is 4.79 Å². The summed E-state index contributed by atoms with van der Waals surface area (Å²) in [6.45, 7) is 6.15. The molecule has 26 heavy (non-hydrogen) atoms. The molecule has 1 amide bonds. The van der Waals surface area contributed by atoms with Crippen molar-refractivity contribution in [3.05, 3.63) is 94.5 Å². The van der Waals surface area contributed by atoms with Gasteiger partial charge in [0.15, 0.2) is 0 Å². The van der Waals surface area contributed by atoms with Gasteiger partial charge >= 0.3 is 0 Å². The second-order valence-electron chi connectivity index (χ2n) is 6.57. The van der Waals surface area contributed by atoms with Gasteiger partial charge in [0.25, 0.3) is 5.91 Å². The molecule has 0 aliphatic heterocycles. The van der Waals surface area contributed by atoms with E-state index < -0.39 is 0 Å². The Morgan fingerprint density at radius 3 is 2.15 bits per heavy atom. The Balaban J connectivity index is 1.61. The van der Waals surface area contributed by atoms with Crippen molar-refractivity contribution in [3.63, 3.8) is 0 Å². The van der Waals surface area contributed by atoms with E-state index in [0.29, 0.717) is 5.56 Å². The first kappa shape index (κ1) is 18.3. The van der Waals surface area contributed by atoms with E-state index in [1.54, 1.807) is 11.8 Å². The van der Waals surface area contributed by atoms with Crippen LogP contribution in [0.5, 0.6) is 0 Å². The van der Waals surface area contributed by atoms with Gasteiger partial charge in [0.1, 0.15) is 0 Å². The maximum Gasteiger partial charge on any atom is 0.255 e. The SMILES string of the molecule is Cc1ccc(SCc2ccc(C(=O)Nc3ccc(C)cc3C)cc2)cc1. The average molecular weight is 362 g/mol. The van der Waals surface area contributed by atoms with Crippen LogP contribution in [0.15, 0.2) is 71.6 Å². The van der Waals surface area contributed by atoms with Crippen molar-refractivity contribution < 1.29 is 4.79 Å². The topological polar surface area (TPSA) is 29.1 Å². The van der Waals surface area contributed by atoms with Gasteiger partial charge in [0.05, 0.1) is 0 Å². The number of rotatable bonds is 5. The first-order valence-corrected chi connectivity index (χ1v) is 9.67. The van der Waals surface area contributed by atoms with Gasteiger partial charge in [-0.2, -0.15) is 0 Å². The zero-order valence-electron chi connectivity index (χ0n) is 15.4. The Bertz CT molecular complexity index is 898. The van der Waals surface area contributed by atoms with Crippen LogP contribution in [0.25, 0.3) is 0 Å². The standard InChI is InChI=1S/C23H23NOS/c1-16-4-11-21(12-5-16)26-15-19-7-9-20(10-8-19)23(25)24-22-13-6-17(2)14-18(22)3/h4-14H,15H2,1-3H3,(H,24,25). The number of thioether (sulfide) groups is 1. The van der Waals surface area contributed by atoms with Gasteiger partial charge in [-0.05, 0) is 62.2 Å². The third-order valence-electron chi connectivity index (χ3n) is 4.27. The molecule has 3 heteroatoms. The van der Waals surface area contributed by atoms with Crippen LogP contribution in [0, 0.1) is 20.8 Å². The summed E-state index contributed by atoms with van der Waals surface area (Å²) in [7, 11) is 0. The molecule has 1 N–H and O–H groups in total. The number of carbonyl (C=O) groups is 1. The van der Waals surface area contributed by atoms with Gasteiger partial charge in [-0.3, -0.25) is 4.79 Å². The Labute approximate surface area is 159 Å². The van der Waals surface area contributed by atoms with Crippen molar-refractivity contribution in [3.8, 4) is 0 Å². The molecule has 0 aromatic heterocycles. The molecule has 132 valence electrons. The van der Waals surface area contributed by atoms with Crippen molar-refractivity contribution in [1.82, 2.24) is 0 Å². The minimum Gasteiger partial charge on any atom is -0.322 e. The molecular formula is C23H23NOS. The highest BCUT2D eigenvalue weighted by atomic mass is 32.2. The van der Waals surface area contributed by atoms with Crippen LogP contribution < -0.4 is 5.32 Å². The maximum atomic E-state index is 12.5. The van der Waals surface area contributed by atoms with E-state index in [2.05, 4.69) is 42.6 Å². The Hall–Kier alpha value is -2.52. The van der Waals surface area contributed by atoms with Crippen LogP contribution in [0.1, 0.15) is 32.6 Å². The summed E-state index contributed by atoms with van der Waals surface area (Å²) in [5, 5.41) is 2.99. The molecule has 0 saturated heterocycles. The Kier molecular flexibility index (Phi) is 5.79. The van der Waals surface area contributed by atoms with Crippen LogP contribution >= 0.6 is 11.8 Å². The van der Waals surface area contributed by atoms with E-state index in [4.69, 9.17) is 0 Å². The number of hydrogen-bond donors (Lipinski definition) is 1. The molecule has 2 nitrogen and oxygen atoms in total. The molecule has 3 aromatic carbocycles. The van der Waals surface area contributed by atoms with Crippen molar-refractivity contribution in [1.29, 1.82) is 0 Å². The molecule has 0 radical (unpaired) electrons. The number of hydrogen-bond acceptors (Lipinski definition) is 2. The lowest BCUT2D eigenvalue weighted by Crippen LogP contribution is -2.12. The van der Waals surface area contributed by atoms with Gasteiger partial charge in [-0.1, -0.05) is 47.5 Å². The highest BCUT2D eigenvalue weighted by molar-refractivity contribution is 7.98. The Morgan fingerprint density at radius 1 is 0.846 bits per heavy atom. The van der Waals surface area contributed by atoms with Gasteiger partial charge in [-0.15, -0.1) is 11.8 Å². The molecule has 0 heterocycles. The van der Waals surface area contributed by atoms with E-state index in [1.165, 1.54) is 21.6 Å². The van der Waals surface area contributed by atoms with Gasteiger partial charge < -0.3 is 5.32 Å². The van der Waals surface area contributed by atoms with Crippen molar-refractivity contribution in [2.75, 3.05) is 5.32 Å². The normalized spacial score (nSPS) is 10.6. The molecule has 0 fully saturated rings. The van der Waals surface area contributed by atoms with Crippen molar-refractivity contribution in [2.24, 2.45) is 0 Å². The number of aryl methyl sites for hydroxylation is 3. The molecule has 0 atom stereocenters. The van der Waals surface area contributed by atoms with E-state index in [0.717, 1.165) is 17.0 Å². The second-order valence-corrected chi connectivity index (χ2v) is 7.62. The minimum absolute atomic E-state index is 0.0744. The number of anilines is 1. The molecule has 3 aromatic rings. The summed E-state index contributed by atoms with van der Waals surface area (Å²) in [6, 6.07) is 22.4. The lowest BCUT2D eigenvalue weighted by atomic mass is 10.1. The zero-order chi connectivity index (χ0) is 18.5. The third kappa shape index (κ3) is 4.77. The van der Waals surface area contributed by atoms with Crippen LogP contribution in [0.2, 0.25) is 0 Å². The van der Waals surface area contributed by atoms with Crippen LogP contribution in [-0.4, -0.2) is 5.91 Å². The summed E-state index contributed by atoms with van der Waals surface area (Å²) in [4.78, 5) is 13.7. The van der Waals surface area contributed by atoms with Crippen molar-refractivity contribution in [2.45, 2.75) is 31.4 Å². The molecule has 0 saturated carbocycles. The largest absolute Gasteiger partial charge is 0.322 e. The number of carbonyl (C=O) groups excluding carboxylic acids is 1. The molecule has 0 aliphatic carbocycles. The molecule has 0 aliphatic rings. The highest BCUT2D eigenvalue weighted by Gasteiger charge is 2.08. The molecule has 3 rings (SSSR count). The fourth-order valence-corrected chi connectivity index (χ4v) is 3.56. The average Bonchev–Trinajstić information content (AvgIpc) is 2.64. The smallest absolute Gasteiger partial charge is 0.255 e. The number of nitrogens with one attached hydrogen (secondary N) is 1. The molecule has 0 unspecified atom stereocenters. The minimum atomic E-state index is -0.0744. The molecule has 0 bridgehead atoms. The first-order chi connectivity index (χ1) is 12.5. The first-order valence-electron chi connectivity index (χ1n) is 8.68. The van der Waals surface area contributed by atoms with E-state index in [-0.39, 0.29) is 5.91 Å². The van der Waals surface area contributed by atoms with Gasteiger partial charge in [0.2, 0.25) is 0 Å². The lowest BCUT2D eigenvalue weighted by molar-refractivity contribution is 0.102. The molecule has 0 spiro atoms. The quantitative estimate of drug-likeness (QED) is 0.552. The van der Waals surface area contributed by atoms with Crippen LogP contribution in [0.3, 0.4) is 0 Å². The van der Waals surface area contributed by atoms with Gasteiger partial charge in [-0.25, -0.2) is 0 Å². The highest BCUT2D eigenvalue weighted by Crippen LogP contribution is 2.23. The summed E-state index contributed by atoms with van der Waals surface area (Å²) in [5.41, 5.74) is 6.28. The third-order valence-corrected chi connectivity index (χ3v) is 5.36. The van der Waals surface area contributed by atoms with Crippen LogP contribution in [0.4, 0.5) is 5.69 Å². The summed E-state index contributed by atoms with van der Waals surface area (Å²) in [5.74, 6) is 0.817. The lowest BCUT2D eigenvalue weighted by Gasteiger charge is -2.10. The Morgan fingerprint density at radius 2 is 1.50 bits per heavy atom. The second kappa shape index (κ2) is 8.24. The number of benzene rings is 3. The summed E-state index contributed by atoms with van der Waals surface area (Å²) in [6.07, 6.45) is 0. The number of amides is 1. The zero-order valence-corrected chi connectivity index (χ0v) is 16.2. The summed E-state index contributed by atoms with van der Waals surface area (Å²) < 4.78 is 0.